The van der Waals surface area contributed by atoms with Gasteiger partial charge in [0.15, 0.2) is 17.5 Å². The topological polar surface area (TPSA) is 74.3 Å². The van der Waals surface area contributed by atoms with E-state index in [1.165, 1.54) is 0 Å². The number of halogens is 3. The Kier molecular flexibility index (Phi) is 5.69. The van der Waals surface area contributed by atoms with Crippen LogP contribution in [0.3, 0.4) is 0 Å². The third-order valence-corrected chi connectivity index (χ3v) is 6.17. The van der Waals surface area contributed by atoms with Crippen molar-refractivity contribution in [1.82, 2.24) is 15.6 Å². The van der Waals surface area contributed by atoms with Gasteiger partial charge >= 0.3 is 0 Å². The average molecular weight is 466 g/mol. The molecule has 1 fully saturated rings. The molecule has 1 atom stereocenters. The summed E-state index contributed by atoms with van der Waals surface area (Å²) >= 11 is 0. The number of amides is 2. The molecule has 0 radical (unpaired) electrons. The van der Waals surface area contributed by atoms with Gasteiger partial charge in [-0.1, -0.05) is 6.07 Å². The number of anilines is 2. The first kappa shape index (κ1) is 21.9. The molecule has 2 aliphatic rings. The molecule has 5 rings (SSSR count). The van der Waals surface area contributed by atoms with E-state index >= 15 is 0 Å². The lowest BCUT2D eigenvalue weighted by molar-refractivity contribution is -0.120. The molecule has 3 aromatic rings. The molecule has 9 heteroatoms. The largest absolute Gasteiger partial charge is 0.354 e. The molecule has 1 saturated heterocycles. The number of hydrogen-bond donors (Lipinski definition) is 2. The molecule has 0 unspecified atom stereocenters. The maximum atomic E-state index is 13.6. The van der Waals surface area contributed by atoms with Crippen molar-refractivity contribution in [3.05, 3.63) is 88.5 Å². The second-order valence-corrected chi connectivity index (χ2v) is 8.37. The Hall–Kier alpha value is -3.88. The van der Waals surface area contributed by atoms with Crippen LogP contribution in [0.25, 0.3) is 0 Å². The smallest absolute Gasteiger partial charge is 0.252 e. The summed E-state index contributed by atoms with van der Waals surface area (Å²) in [5, 5.41) is 5.52. The first-order chi connectivity index (χ1) is 16.4. The van der Waals surface area contributed by atoms with E-state index < -0.39 is 23.5 Å². The van der Waals surface area contributed by atoms with Crippen molar-refractivity contribution in [3.63, 3.8) is 0 Å². The van der Waals surface area contributed by atoms with Gasteiger partial charge in [-0.25, -0.2) is 13.2 Å². The quantitative estimate of drug-likeness (QED) is 0.566. The number of nitrogens with zero attached hydrogens (tertiary/aromatic N) is 2. The Labute approximate surface area is 193 Å². The lowest BCUT2D eigenvalue weighted by Gasteiger charge is -2.20. The van der Waals surface area contributed by atoms with E-state index in [2.05, 4.69) is 15.6 Å². The van der Waals surface area contributed by atoms with Crippen LogP contribution in [0.1, 0.15) is 33.6 Å². The van der Waals surface area contributed by atoms with Crippen LogP contribution in [0, 0.1) is 17.5 Å². The summed E-state index contributed by atoms with van der Waals surface area (Å²) in [5.74, 6) is -4.42. The maximum absolute atomic E-state index is 13.6. The number of carbonyl (C=O) groups excluding carboxylic acids is 2. The van der Waals surface area contributed by atoms with Gasteiger partial charge < -0.3 is 15.5 Å². The van der Waals surface area contributed by atoms with Crippen molar-refractivity contribution in [1.29, 1.82) is 0 Å². The van der Waals surface area contributed by atoms with E-state index in [1.54, 1.807) is 18.3 Å². The molecule has 0 saturated carbocycles. The van der Waals surface area contributed by atoms with Crippen LogP contribution in [0.2, 0.25) is 0 Å². The molecule has 2 aliphatic heterocycles. The Morgan fingerprint density at radius 2 is 1.94 bits per heavy atom. The molecule has 1 aromatic heterocycles. The van der Waals surface area contributed by atoms with Gasteiger partial charge in [0, 0.05) is 48.3 Å². The molecule has 3 heterocycles. The molecule has 174 valence electrons. The fourth-order valence-electron chi connectivity index (χ4n) is 4.53. The molecular formula is C25H21F3N4O2. The van der Waals surface area contributed by atoms with Gasteiger partial charge in [-0.3, -0.25) is 14.6 Å². The fraction of sp³-hybridized carbons (Fsp3) is 0.240. The lowest BCUT2D eigenvalue weighted by atomic mass is 10.0. The minimum atomic E-state index is -1.49. The van der Waals surface area contributed by atoms with Gasteiger partial charge in [-0.05, 0) is 60.4 Å². The standard InChI is InChI=1S/C25H21F3N4O2/c26-19-11-14(12-20(27)23(19)28)10-15-13-16(4-7-29-15)32-9-6-17-18(2-1-3-22(17)32)24(33)31-21-5-8-30-25(21)34/h1-4,7,11-13,21H,5-6,8-10H2,(H,30,34)(H,31,33)/t21-/m0/s1. The summed E-state index contributed by atoms with van der Waals surface area (Å²) in [6.07, 6.45) is 2.94. The van der Waals surface area contributed by atoms with Crippen molar-refractivity contribution < 1.29 is 22.8 Å². The molecule has 0 aliphatic carbocycles. The summed E-state index contributed by atoms with van der Waals surface area (Å²) < 4.78 is 40.4. The zero-order valence-corrected chi connectivity index (χ0v) is 18.1. The number of rotatable bonds is 5. The molecule has 34 heavy (non-hydrogen) atoms. The second kappa shape index (κ2) is 8.81. The number of pyridine rings is 1. The minimum absolute atomic E-state index is 0.133. The molecule has 2 N–H and O–H groups in total. The van der Waals surface area contributed by atoms with Crippen molar-refractivity contribution in [2.24, 2.45) is 0 Å². The van der Waals surface area contributed by atoms with Crippen LogP contribution in [-0.4, -0.2) is 35.9 Å². The van der Waals surface area contributed by atoms with Gasteiger partial charge in [-0.15, -0.1) is 0 Å². The van der Waals surface area contributed by atoms with E-state index in [0.717, 1.165) is 29.1 Å². The predicted molar refractivity (Wildman–Crippen MR) is 119 cm³/mol. The van der Waals surface area contributed by atoms with E-state index in [9.17, 15) is 22.8 Å². The van der Waals surface area contributed by atoms with Gasteiger partial charge in [0.1, 0.15) is 6.04 Å². The van der Waals surface area contributed by atoms with Crippen LogP contribution < -0.4 is 15.5 Å². The van der Waals surface area contributed by atoms with E-state index in [0.29, 0.717) is 37.2 Å². The van der Waals surface area contributed by atoms with Crippen molar-refractivity contribution >= 4 is 23.2 Å². The number of benzene rings is 2. The van der Waals surface area contributed by atoms with E-state index in [1.807, 2.05) is 23.1 Å². The summed E-state index contributed by atoms with van der Waals surface area (Å²) in [7, 11) is 0. The van der Waals surface area contributed by atoms with Gasteiger partial charge in [-0.2, -0.15) is 0 Å². The molecular weight excluding hydrogens is 445 g/mol. The highest BCUT2D eigenvalue weighted by molar-refractivity contribution is 6.00. The first-order valence-electron chi connectivity index (χ1n) is 11.0. The Balaban J connectivity index is 1.38. The highest BCUT2D eigenvalue weighted by Crippen LogP contribution is 2.36. The fourth-order valence-corrected chi connectivity index (χ4v) is 4.53. The zero-order valence-electron chi connectivity index (χ0n) is 18.1. The summed E-state index contributed by atoms with van der Waals surface area (Å²) in [4.78, 5) is 31.0. The summed E-state index contributed by atoms with van der Waals surface area (Å²) in [5.41, 5.74) is 3.96. The first-order valence-corrected chi connectivity index (χ1v) is 11.0. The molecule has 2 amide bonds. The summed E-state index contributed by atoms with van der Waals surface area (Å²) in [6, 6.07) is 10.5. The Morgan fingerprint density at radius 1 is 1.15 bits per heavy atom. The van der Waals surface area contributed by atoms with Gasteiger partial charge in [0.05, 0.1) is 0 Å². The third-order valence-electron chi connectivity index (χ3n) is 6.17. The third kappa shape index (κ3) is 4.09. The minimum Gasteiger partial charge on any atom is -0.354 e. The highest BCUT2D eigenvalue weighted by atomic mass is 19.2. The zero-order chi connectivity index (χ0) is 23.8. The van der Waals surface area contributed by atoms with Crippen molar-refractivity contribution in [2.45, 2.75) is 25.3 Å². The Bertz CT molecular complexity index is 1270. The van der Waals surface area contributed by atoms with Crippen LogP contribution in [0.15, 0.2) is 48.7 Å². The monoisotopic (exact) mass is 466 g/mol. The molecule has 0 bridgehead atoms. The average Bonchev–Trinajstić information content (AvgIpc) is 3.43. The number of fused-ring (bicyclic) bond motifs is 1. The summed E-state index contributed by atoms with van der Waals surface area (Å²) in [6.45, 7) is 1.18. The van der Waals surface area contributed by atoms with Crippen molar-refractivity contribution in [3.8, 4) is 0 Å². The second-order valence-electron chi connectivity index (χ2n) is 8.37. The highest BCUT2D eigenvalue weighted by Gasteiger charge is 2.29. The number of nitrogens with one attached hydrogen (secondary N) is 2. The SMILES string of the molecule is O=C(N[C@H]1CCNC1=O)c1cccc2c1CCN2c1ccnc(Cc2cc(F)c(F)c(F)c2)c1. The van der Waals surface area contributed by atoms with Crippen LogP contribution in [0.5, 0.6) is 0 Å². The number of hydrogen-bond acceptors (Lipinski definition) is 4. The lowest BCUT2D eigenvalue weighted by Crippen LogP contribution is -2.40. The van der Waals surface area contributed by atoms with E-state index in [4.69, 9.17) is 0 Å². The molecule has 0 spiro atoms. The number of aromatic nitrogens is 1. The molecule has 2 aromatic carbocycles. The van der Waals surface area contributed by atoms with Gasteiger partial charge in [0.25, 0.3) is 5.91 Å². The van der Waals surface area contributed by atoms with Crippen LogP contribution in [0.4, 0.5) is 24.5 Å². The van der Waals surface area contributed by atoms with Crippen LogP contribution in [-0.2, 0) is 17.6 Å². The normalized spacial score (nSPS) is 17.0. The molecule has 6 nitrogen and oxygen atoms in total. The van der Waals surface area contributed by atoms with Crippen molar-refractivity contribution in [2.75, 3.05) is 18.0 Å². The van der Waals surface area contributed by atoms with E-state index in [-0.39, 0.29) is 23.8 Å². The predicted octanol–water partition coefficient (Wildman–Crippen LogP) is 3.40. The number of carbonyl (C=O) groups is 2. The van der Waals surface area contributed by atoms with Crippen LogP contribution >= 0.6 is 0 Å². The Morgan fingerprint density at radius 3 is 2.68 bits per heavy atom. The maximum Gasteiger partial charge on any atom is 0.252 e. The van der Waals surface area contributed by atoms with Gasteiger partial charge in [0.2, 0.25) is 5.91 Å².